The quantitative estimate of drug-likeness (QED) is 0.222. The number of amides is 4. The van der Waals surface area contributed by atoms with Crippen LogP contribution in [0.3, 0.4) is 0 Å². The van der Waals surface area contributed by atoms with E-state index >= 15 is 0 Å². The van der Waals surface area contributed by atoms with E-state index < -0.39 is 17.7 Å². The summed E-state index contributed by atoms with van der Waals surface area (Å²) in [5.41, 5.74) is 2.36. The van der Waals surface area contributed by atoms with Crippen LogP contribution < -0.4 is 16.0 Å². The second-order valence-electron chi connectivity index (χ2n) is 12.1. The third-order valence-corrected chi connectivity index (χ3v) is 7.25. The lowest BCUT2D eigenvalue weighted by atomic mass is 10.1. The van der Waals surface area contributed by atoms with Crippen molar-refractivity contribution in [2.45, 2.75) is 39.3 Å². The molecule has 1 aliphatic heterocycles. The summed E-state index contributed by atoms with van der Waals surface area (Å²) in [6, 6.07) is 20.1. The molecule has 12 heteroatoms. The zero-order valence-corrected chi connectivity index (χ0v) is 27.3. The van der Waals surface area contributed by atoms with Gasteiger partial charge in [0.2, 0.25) is 0 Å². The summed E-state index contributed by atoms with van der Waals surface area (Å²) in [6.07, 6.45) is 0.145. The summed E-state index contributed by atoms with van der Waals surface area (Å²) >= 11 is 0. The van der Waals surface area contributed by atoms with E-state index in [2.05, 4.69) is 20.9 Å². The Morgan fingerprint density at radius 3 is 2.06 bits per heavy atom. The molecule has 12 nitrogen and oxygen atoms in total. The highest BCUT2D eigenvalue weighted by atomic mass is 16.6. The summed E-state index contributed by atoms with van der Waals surface area (Å²) < 4.78 is 15.5. The molecule has 3 aromatic rings. The fraction of sp³-hybridized carbons (Fsp3) is 0.371. The van der Waals surface area contributed by atoms with E-state index in [1.807, 2.05) is 12.1 Å². The van der Waals surface area contributed by atoms with Crippen molar-refractivity contribution in [1.82, 2.24) is 9.80 Å². The Hall–Kier alpha value is -4.94. The van der Waals surface area contributed by atoms with E-state index in [9.17, 15) is 19.2 Å². The molecular weight excluding hydrogens is 602 g/mol. The molecule has 0 aromatic heterocycles. The predicted molar refractivity (Wildman–Crippen MR) is 180 cm³/mol. The van der Waals surface area contributed by atoms with E-state index in [-0.39, 0.29) is 11.9 Å². The number of para-hydroxylation sites is 2. The molecule has 1 saturated heterocycles. The highest BCUT2D eigenvalue weighted by molar-refractivity contribution is 6.07. The third-order valence-electron chi connectivity index (χ3n) is 7.25. The number of urea groups is 1. The van der Waals surface area contributed by atoms with Gasteiger partial charge >= 0.3 is 18.1 Å². The zero-order valence-electron chi connectivity index (χ0n) is 27.3. The summed E-state index contributed by atoms with van der Waals surface area (Å²) in [5.74, 6) is -0.808. The van der Waals surface area contributed by atoms with Gasteiger partial charge in [0.05, 0.1) is 37.3 Å². The van der Waals surface area contributed by atoms with Crippen LogP contribution in [0.5, 0.6) is 0 Å². The second-order valence-corrected chi connectivity index (χ2v) is 12.1. The number of nitrogens with one attached hydrogen (secondary N) is 3. The number of nitrogens with zero attached hydrogens (tertiary/aromatic N) is 2. The lowest BCUT2D eigenvalue weighted by Gasteiger charge is -2.28. The molecule has 0 spiro atoms. The van der Waals surface area contributed by atoms with Crippen molar-refractivity contribution in [1.29, 1.82) is 0 Å². The maximum Gasteiger partial charge on any atom is 0.412 e. The van der Waals surface area contributed by atoms with Crippen LogP contribution in [-0.2, 0) is 20.8 Å². The largest absolute Gasteiger partial charge is 0.465 e. The first kappa shape index (κ1) is 34.9. The lowest BCUT2D eigenvalue weighted by molar-refractivity contribution is 0.0365. The Bertz CT molecular complexity index is 1510. The van der Waals surface area contributed by atoms with Gasteiger partial charge in [-0.1, -0.05) is 24.3 Å². The number of rotatable bonds is 11. The van der Waals surface area contributed by atoms with Gasteiger partial charge in [0.1, 0.15) is 5.60 Å². The molecule has 0 aliphatic carbocycles. The topological polar surface area (TPSA) is 139 Å². The Morgan fingerprint density at radius 1 is 0.830 bits per heavy atom. The van der Waals surface area contributed by atoms with Crippen molar-refractivity contribution in [2.24, 2.45) is 0 Å². The van der Waals surface area contributed by atoms with Crippen LogP contribution in [0.4, 0.5) is 26.7 Å². The zero-order chi connectivity index (χ0) is 33.8. The Balaban J connectivity index is 1.41. The molecular formula is C35H43N5O7. The average molecular weight is 646 g/mol. The first-order valence-corrected chi connectivity index (χ1v) is 15.5. The highest BCUT2D eigenvalue weighted by Gasteiger charge is 2.19. The smallest absolute Gasteiger partial charge is 0.412 e. The molecule has 0 saturated carbocycles. The molecule has 1 aliphatic rings. The number of ether oxygens (including phenoxy) is 3. The van der Waals surface area contributed by atoms with Crippen LogP contribution in [0.1, 0.15) is 53.5 Å². The number of anilines is 3. The first-order valence-electron chi connectivity index (χ1n) is 15.5. The van der Waals surface area contributed by atoms with Crippen molar-refractivity contribution in [3.8, 4) is 0 Å². The minimum absolute atomic E-state index is 0.284. The maximum atomic E-state index is 13.4. The van der Waals surface area contributed by atoms with Gasteiger partial charge in [0, 0.05) is 44.0 Å². The normalized spacial score (nSPS) is 13.3. The lowest BCUT2D eigenvalue weighted by Crippen LogP contribution is -2.40. The monoisotopic (exact) mass is 645 g/mol. The van der Waals surface area contributed by atoms with Crippen molar-refractivity contribution in [3.63, 3.8) is 0 Å². The van der Waals surface area contributed by atoms with Gasteiger partial charge in [-0.3, -0.25) is 15.0 Å². The van der Waals surface area contributed by atoms with Crippen LogP contribution in [-0.4, -0.2) is 85.9 Å². The van der Waals surface area contributed by atoms with E-state index in [1.54, 1.807) is 86.3 Å². The van der Waals surface area contributed by atoms with Crippen LogP contribution in [0.2, 0.25) is 0 Å². The number of methoxy groups -OCH3 is 1. The van der Waals surface area contributed by atoms with E-state index in [0.29, 0.717) is 54.5 Å². The van der Waals surface area contributed by atoms with Crippen LogP contribution in [0.15, 0.2) is 72.8 Å². The van der Waals surface area contributed by atoms with Gasteiger partial charge in [-0.25, -0.2) is 14.4 Å². The molecule has 4 amide bonds. The van der Waals surface area contributed by atoms with Gasteiger partial charge in [-0.05, 0) is 81.3 Å². The van der Waals surface area contributed by atoms with Gasteiger partial charge in [-0.2, -0.15) is 0 Å². The SMILES string of the molecule is COC(=O)c1ccc(NC(=O)N(CCCN2CCOCC2)Cc2ccc(C(=O)Nc3ccccc3NC(=O)OC(C)(C)C)cc2)cc1. The van der Waals surface area contributed by atoms with Crippen LogP contribution in [0.25, 0.3) is 0 Å². The minimum Gasteiger partial charge on any atom is -0.465 e. The fourth-order valence-corrected chi connectivity index (χ4v) is 4.86. The van der Waals surface area contributed by atoms with Gasteiger partial charge in [0.25, 0.3) is 5.91 Å². The number of morpholine rings is 1. The molecule has 0 bridgehead atoms. The van der Waals surface area contributed by atoms with Gasteiger partial charge < -0.3 is 29.7 Å². The van der Waals surface area contributed by atoms with Crippen LogP contribution >= 0.6 is 0 Å². The number of esters is 1. The first-order chi connectivity index (χ1) is 22.5. The van der Waals surface area contributed by atoms with Crippen LogP contribution in [0, 0.1) is 0 Å². The fourth-order valence-electron chi connectivity index (χ4n) is 4.86. The number of benzene rings is 3. The standard InChI is InChI=1S/C35H43N5O7/c1-35(2,3)47-34(44)38-30-9-6-5-8-29(30)37-31(41)26-12-10-25(11-13-26)24-40(19-7-18-39-20-22-46-23-21-39)33(43)36-28-16-14-27(15-17-28)32(42)45-4/h5-6,8-17H,7,18-24H2,1-4H3,(H,36,43)(H,37,41)(H,38,44). The molecule has 1 fully saturated rings. The Labute approximate surface area is 275 Å². The molecule has 250 valence electrons. The highest BCUT2D eigenvalue weighted by Crippen LogP contribution is 2.23. The third kappa shape index (κ3) is 11.1. The Morgan fingerprint density at radius 2 is 1.45 bits per heavy atom. The van der Waals surface area contributed by atoms with E-state index in [1.165, 1.54) is 7.11 Å². The van der Waals surface area contributed by atoms with E-state index in [4.69, 9.17) is 14.2 Å². The van der Waals surface area contributed by atoms with Crippen molar-refractivity contribution >= 4 is 41.1 Å². The number of hydrogen-bond acceptors (Lipinski definition) is 8. The molecule has 0 radical (unpaired) electrons. The average Bonchev–Trinajstić information content (AvgIpc) is 3.05. The molecule has 3 aromatic carbocycles. The molecule has 47 heavy (non-hydrogen) atoms. The van der Waals surface area contributed by atoms with Crippen molar-refractivity contribution < 1.29 is 33.4 Å². The molecule has 4 rings (SSSR count). The predicted octanol–water partition coefficient (Wildman–Crippen LogP) is 5.83. The van der Waals surface area contributed by atoms with Gasteiger partial charge in [0.15, 0.2) is 0 Å². The second kappa shape index (κ2) is 16.6. The summed E-state index contributed by atoms with van der Waals surface area (Å²) in [7, 11) is 1.32. The summed E-state index contributed by atoms with van der Waals surface area (Å²) in [4.78, 5) is 54.7. The van der Waals surface area contributed by atoms with Gasteiger partial charge in [-0.15, -0.1) is 0 Å². The molecule has 0 unspecified atom stereocenters. The van der Waals surface area contributed by atoms with Crippen molar-refractivity contribution in [3.05, 3.63) is 89.5 Å². The maximum absolute atomic E-state index is 13.4. The van der Waals surface area contributed by atoms with Crippen molar-refractivity contribution in [2.75, 3.05) is 62.5 Å². The minimum atomic E-state index is -0.666. The molecule has 3 N–H and O–H groups in total. The number of carbonyl (C=O) groups is 4. The molecule has 0 atom stereocenters. The Kier molecular flexibility index (Phi) is 12.3. The van der Waals surface area contributed by atoms with E-state index in [0.717, 1.165) is 31.6 Å². The summed E-state index contributed by atoms with van der Waals surface area (Å²) in [6.45, 7) is 10.1. The molecule has 1 heterocycles. The summed E-state index contributed by atoms with van der Waals surface area (Å²) in [5, 5.41) is 8.45. The number of carbonyl (C=O) groups excluding carboxylic acids is 4. The number of hydrogen-bond donors (Lipinski definition) is 3.